The van der Waals surface area contributed by atoms with Crippen LogP contribution < -0.4 is 24.8 Å². The molecular formula is C25H37N3O9S. The Hall–Kier alpha value is -3.06. The summed E-state index contributed by atoms with van der Waals surface area (Å²) in [5.74, 6) is -1.14. The molecule has 1 aliphatic carbocycles. The van der Waals surface area contributed by atoms with Gasteiger partial charge >= 0.3 is 12.1 Å². The van der Waals surface area contributed by atoms with E-state index in [-0.39, 0.29) is 19.6 Å². The normalized spacial score (nSPS) is 20.7. The van der Waals surface area contributed by atoms with Crippen LogP contribution in [0.4, 0.5) is 4.79 Å². The van der Waals surface area contributed by atoms with Crippen molar-refractivity contribution in [2.75, 3.05) is 13.2 Å². The van der Waals surface area contributed by atoms with E-state index in [1.807, 2.05) is 0 Å². The van der Waals surface area contributed by atoms with Crippen LogP contribution in [0, 0.1) is 0 Å². The van der Waals surface area contributed by atoms with Crippen molar-refractivity contribution in [3.05, 3.63) is 23.8 Å². The Morgan fingerprint density at radius 1 is 1.16 bits per heavy atom. The van der Waals surface area contributed by atoms with Gasteiger partial charge in [0.15, 0.2) is 11.5 Å². The molecule has 13 heteroatoms. The fraction of sp³-hybridized carbons (Fsp3) is 0.640. The number of carboxylic acid groups (broad SMARTS) is 1. The van der Waals surface area contributed by atoms with Gasteiger partial charge in [0, 0.05) is 0 Å². The van der Waals surface area contributed by atoms with Crippen LogP contribution in [-0.2, 0) is 30.8 Å². The number of alkyl carbamates (subject to hydrolysis) is 1. The van der Waals surface area contributed by atoms with Crippen molar-refractivity contribution in [3.63, 3.8) is 0 Å². The second-order valence-corrected chi connectivity index (χ2v) is 12.8. The van der Waals surface area contributed by atoms with Crippen molar-refractivity contribution in [2.24, 2.45) is 0 Å². The van der Waals surface area contributed by atoms with Gasteiger partial charge in [-0.1, -0.05) is 25.3 Å². The summed E-state index contributed by atoms with van der Waals surface area (Å²) >= 11 is 0. The van der Waals surface area contributed by atoms with E-state index in [0.29, 0.717) is 29.9 Å². The molecule has 212 valence electrons. The van der Waals surface area contributed by atoms with Crippen molar-refractivity contribution in [2.45, 2.75) is 88.8 Å². The zero-order valence-electron chi connectivity index (χ0n) is 22.2. The largest absolute Gasteiger partial charge is 0.483 e. The van der Waals surface area contributed by atoms with Crippen molar-refractivity contribution in [3.8, 4) is 11.5 Å². The average Bonchev–Trinajstić information content (AvgIpc) is 2.81. The predicted molar refractivity (Wildman–Crippen MR) is 137 cm³/mol. The number of carboxylic acids is 1. The van der Waals surface area contributed by atoms with Crippen LogP contribution in [0.2, 0.25) is 0 Å². The summed E-state index contributed by atoms with van der Waals surface area (Å²) in [5.41, 5.74) is -1.37. The van der Waals surface area contributed by atoms with E-state index in [2.05, 4.69) is 15.4 Å². The lowest BCUT2D eigenvalue weighted by molar-refractivity contribution is -0.139. The third-order valence-corrected chi connectivity index (χ3v) is 8.04. The number of nitrogens with one attached hydrogen (secondary N) is 3. The zero-order chi connectivity index (χ0) is 28.1. The predicted octanol–water partition coefficient (Wildman–Crippen LogP) is 2.06. The summed E-state index contributed by atoms with van der Waals surface area (Å²) in [4.78, 5) is 35.9. The first-order chi connectivity index (χ1) is 17.7. The molecule has 0 spiro atoms. The summed E-state index contributed by atoms with van der Waals surface area (Å²) < 4.78 is 44.6. The van der Waals surface area contributed by atoms with E-state index in [0.717, 1.165) is 19.3 Å². The molecule has 0 radical (unpaired) electrons. The molecule has 2 aliphatic rings. The van der Waals surface area contributed by atoms with Gasteiger partial charge in [-0.15, -0.1) is 0 Å². The minimum absolute atomic E-state index is 0.0572. The van der Waals surface area contributed by atoms with Gasteiger partial charge in [0.1, 0.15) is 24.8 Å². The molecule has 3 rings (SSSR count). The molecule has 1 saturated carbocycles. The highest BCUT2D eigenvalue weighted by molar-refractivity contribution is 7.90. The molecule has 1 fully saturated rings. The lowest BCUT2D eigenvalue weighted by atomic mass is 10.0. The molecule has 2 amide bonds. The van der Waals surface area contributed by atoms with Crippen molar-refractivity contribution >= 4 is 28.0 Å². The van der Waals surface area contributed by atoms with E-state index in [4.69, 9.17) is 14.2 Å². The molecule has 4 N–H and O–H groups in total. The highest BCUT2D eigenvalue weighted by Gasteiger charge is 2.36. The Morgan fingerprint density at radius 3 is 2.47 bits per heavy atom. The van der Waals surface area contributed by atoms with Gasteiger partial charge in [0.2, 0.25) is 21.7 Å². The van der Waals surface area contributed by atoms with E-state index in [9.17, 15) is 27.9 Å². The molecule has 0 bridgehead atoms. The van der Waals surface area contributed by atoms with Crippen LogP contribution >= 0.6 is 0 Å². The Bertz CT molecular complexity index is 1140. The quantitative estimate of drug-likeness (QED) is 0.356. The number of hydrogen-bond donors (Lipinski definition) is 4. The van der Waals surface area contributed by atoms with Crippen LogP contribution in [0.1, 0.15) is 65.4 Å². The number of aliphatic carboxylic acids is 1. The molecule has 1 aromatic rings. The van der Waals surface area contributed by atoms with Gasteiger partial charge in [-0.05, 0) is 64.7 Å². The van der Waals surface area contributed by atoms with E-state index in [1.54, 1.807) is 45.9 Å². The maximum atomic E-state index is 12.7. The molecule has 38 heavy (non-hydrogen) atoms. The second-order valence-electron chi connectivity index (χ2n) is 10.8. The van der Waals surface area contributed by atoms with E-state index in [1.165, 1.54) is 0 Å². The van der Waals surface area contributed by atoms with E-state index >= 15 is 0 Å². The average molecular weight is 556 g/mol. The minimum atomic E-state index is -3.77. The van der Waals surface area contributed by atoms with Crippen LogP contribution in [0.25, 0.3) is 0 Å². The minimum Gasteiger partial charge on any atom is -0.483 e. The van der Waals surface area contributed by atoms with Crippen molar-refractivity contribution in [1.82, 2.24) is 15.4 Å². The Morgan fingerprint density at radius 2 is 1.84 bits per heavy atom. The number of benzene rings is 1. The van der Waals surface area contributed by atoms with Crippen LogP contribution in [-0.4, -0.2) is 67.3 Å². The van der Waals surface area contributed by atoms with Gasteiger partial charge in [0.05, 0.1) is 5.25 Å². The van der Waals surface area contributed by atoms with Crippen LogP contribution in [0.5, 0.6) is 11.5 Å². The molecular weight excluding hydrogens is 518 g/mol. The molecule has 0 aromatic heterocycles. The third-order valence-electron chi connectivity index (χ3n) is 6.08. The topological polar surface area (TPSA) is 169 Å². The fourth-order valence-corrected chi connectivity index (χ4v) is 6.04. The number of fused-ring (bicyclic) bond motifs is 1. The summed E-state index contributed by atoms with van der Waals surface area (Å²) in [5, 5.41) is 14.1. The van der Waals surface area contributed by atoms with Gasteiger partial charge in [-0.2, -0.15) is 0 Å². The Kier molecular flexibility index (Phi) is 9.13. The maximum absolute atomic E-state index is 12.7. The van der Waals surface area contributed by atoms with Crippen molar-refractivity contribution in [1.29, 1.82) is 0 Å². The summed E-state index contributed by atoms with van der Waals surface area (Å²) in [6, 6.07) is 3.45. The highest BCUT2D eigenvalue weighted by atomic mass is 32.2. The zero-order valence-corrected chi connectivity index (χ0v) is 23.0. The number of ether oxygens (including phenoxy) is 3. The molecule has 1 aromatic carbocycles. The number of amides is 2. The lowest BCUT2D eigenvalue weighted by Gasteiger charge is -2.36. The first-order valence-corrected chi connectivity index (χ1v) is 14.2. The van der Waals surface area contributed by atoms with E-state index < -0.39 is 50.6 Å². The summed E-state index contributed by atoms with van der Waals surface area (Å²) in [6.07, 6.45) is 2.85. The van der Waals surface area contributed by atoms with Gasteiger partial charge in [0.25, 0.3) is 0 Å². The molecule has 1 unspecified atom stereocenters. The van der Waals surface area contributed by atoms with Crippen LogP contribution in [0.3, 0.4) is 0 Å². The van der Waals surface area contributed by atoms with Gasteiger partial charge < -0.3 is 30.0 Å². The Balaban J connectivity index is 1.59. The lowest BCUT2D eigenvalue weighted by Crippen LogP contribution is -2.58. The monoisotopic (exact) mass is 555 g/mol. The smallest absolute Gasteiger partial charge is 0.408 e. The Labute approximate surface area is 222 Å². The first kappa shape index (κ1) is 29.5. The number of carbonyl (C=O) groups is 3. The molecule has 2 atom stereocenters. The SMILES string of the molecule is CC(C)(C)OC(=O)NCC(=O)NC1(C)COc2cc(C[C@H](NS(=O)(=O)C3CCCCC3)C(=O)O)ccc2O1. The van der Waals surface area contributed by atoms with Crippen molar-refractivity contribution < 1.29 is 42.1 Å². The molecule has 1 heterocycles. The molecule has 1 aliphatic heterocycles. The van der Waals surface area contributed by atoms with Gasteiger partial charge in [-0.3, -0.25) is 9.59 Å². The number of hydrogen-bond acceptors (Lipinski definition) is 8. The fourth-order valence-electron chi connectivity index (χ4n) is 4.32. The number of rotatable bonds is 9. The second kappa shape index (κ2) is 11.8. The number of carbonyl (C=O) groups excluding carboxylic acids is 2. The molecule has 0 saturated heterocycles. The highest BCUT2D eigenvalue weighted by Crippen LogP contribution is 2.35. The first-order valence-electron chi connectivity index (χ1n) is 12.6. The van der Waals surface area contributed by atoms with Crippen LogP contribution in [0.15, 0.2) is 18.2 Å². The summed E-state index contributed by atoms with van der Waals surface area (Å²) in [6.45, 7) is 6.35. The third kappa shape index (κ3) is 8.48. The molecule has 12 nitrogen and oxygen atoms in total. The number of sulfonamides is 1. The van der Waals surface area contributed by atoms with Gasteiger partial charge in [-0.25, -0.2) is 17.9 Å². The standard InChI is InChI=1S/C25H37N3O9S/c1-24(2,3)37-23(32)26-14-21(29)27-25(4)15-35-20-13-16(10-11-19(20)36-25)12-18(22(30)31)28-38(33,34)17-8-6-5-7-9-17/h10-11,13,17-18,28H,5-9,12,14-15H2,1-4H3,(H,26,32)(H,27,29)(H,30,31)/t18-,25?/m0/s1. The maximum Gasteiger partial charge on any atom is 0.408 e. The summed E-state index contributed by atoms with van der Waals surface area (Å²) in [7, 11) is -3.77.